The summed E-state index contributed by atoms with van der Waals surface area (Å²) in [6.07, 6.45) is 0.999. The van der Waals surface area contributed by atoms with Crippen molar-refractivity contribution < 1.29 is 4.74 Å². The van der Waals surface area contributed by atoms with E-state index in [1.807, 2.05) is 23.9 Å². The molecule has 5 rings (SSSR count). The maximum atomic E-state index is 6.36. The zero-order valence-electron chi connectivity index (χ0n) is 19.8. The number of nitrogens with two attached hydrogens (primary N) is 1. The van der Waals surface area contributed by atoms with Crippen LogP contribution in [0.3, 0.4) is 0 Å². The SMILES string of the molecule is CC(C)NC(NCN)C1NC2=C(CCOc3ccc(C4CN(Cc5ccccc5Cl)C4)cc32)S1. The molecule has 1 fully saturated rings. The van der Waals surface area contributed by atoms with Gasteiger partial charge in [0.2, 0.25) is 0 Å². The van der Waals surface area contributed by atoms with Gasteiger partial charge in [-0.05, 0) is 43.2 Å². The highest BCUT2D eigenvalue weighted by Crippen LogP contribution is 2.44. The molecule has 2 aromatic carbocycles. The van der Waals surface area contributed by atoms with Crippen molar-refractivity contribution in [3.8, 4) is 5.75 Å². The first-order chi connectivity index (χ1) is 16.5. The molecule has 2 aromatic rings. The van der Waals surface area contributed by atoms with Crippen LogP contribution in [0.4, 0.5) is 0 Å². The molecule has 0 aliphatic carbocycles. The first kappa shape index (κ1) is 24.0. The zero-order valence-corrected chi connectivity index (χ0v) is 21.4. The molecular weight excluding hydrogens is 466 g/mol. The normalized spacial score (nSPS) is 21.4. The first-order valence-electron chi connectivity index (χ1n) is 12.1. The third-order valence-electron chi connectivity index (χ3n) is 6.63. The van der Waals surface area contributed by atoms with E-state index in [1.165, 1.54) is 27.3 Å². The van der Waals surface area contributed by atoms with Gasteiger partial charge in [-0.3, -0.25) is 15.5 Å². The van der Waals surface area contributed by atoms with Crippen LogP contribution in [-0.4, -0.2) is 48.8 Å². The van der Waals surface area contributed by atoms with E-state index in [2.05, 4.69) is 65.0 Å². The summed E-state index contributed by atoms with van der Waals surface area (Å²) in [4.78, 5) is 3.82. The zero-order chi connectivity index (χ0) is 23.7. The Balaban J connectivity index is 1.30. The van der Waals surface area contributed by atoms with E-state index in [9.17, 15) is 0 Å². The number of rotatable bonds is 8. The Labute approximate surface area is 211 Å². The average Bonchev–Trinajstić information content (AvgIpc) is 3.13. The van der Waals surface area contributed by atoms with E-state index in [0.717, 1.165) is 36.8 Å². The van der Waals surface area contributed by atoms with Gasteiger partial charge in [-0.1, -0.05) is 35.9 Å². The fraction of sp³-hybridized carbons (Fsp3) is 0.462. The molecule has 0 aromatic heterocycles. The molecule has 0 saturated carbocycles. The number of halogens is 1. The second kappa shape index (κ2) is 10.5. The number of fused-ring (bicyclic) bond motifs is 2. The summed E-state index contributed by atoms with van der Waals surface area (Å²) < 4.78 is 6.12. The van der Waals surface area contributed by atoms with E-state index in [-0.39, 0.29) is 11.5 Å². The van der Waals surface area contributed by atoms with Crippen LogP contribution in [0.5, 0.6) is 5.75 Å². The number of benzene rings is 2. The third kappa shape index (κ3) is 5.10. The van der Waals surface area contributed by atoms with Gasteiger partial charge in [-0.2, -0.15) is 0 Å². The van der Waals surface area contributed by atoms with Crippen LogP contribution < -0.4 is 26.4 Å². The van der Waals surface area contributed by atoms with Crippen LogP contribution in [0.2, 0.25) is 5.02 Å². The van der Waals surface area contributed by atoms with E-state index in [0.29, 0.717) is 25.2 Å². The van der Waals surface area contributed by atoms with E-state index < -0.39 is 0 Å². The van der Waals surface area contributed by atoms with Gasteiger partial charge in [0.05, 0.1) is 18.5 Å². The lowest BCUT2D eigenvalue weighted by molar-refractivity contribution is 0.139. The topological polar surface area (TPSA) is 74.6 Å². The van der Waals surface area contributed by atoms with Gasteiger partial charge < -0.3 is 15.8 Å². The highest BCUT2D eigenvalue weighted by molar-refractivity contribution is 8.04. The fourth-order valence-corrected chi connectivity index (χ4v) is 6.40. The minimum Gasteiger partial charge on any atom is -0.493 e. The number of likely N-dealkylation sites (tertiary alicyclic amines) is 1. The van der Waals surface area contributed by atoms with Crippen LogP contribution in [0.15, 0.2) is 47.4 Å². The molecule has 34 heavy (non-hydrogen) atoms. The van der Waals surface area contributed by atoms with Crippen molar-refractivity contribution in [2.45, 2.75) is 50.3 Å². The third-order valence-corrected chi connectivity index (χ3v) is 8.33. The molecule has 0 radical (unpaired) electrons. The van der Waals surface area contributed by atoms with Crippen LogP contribution >= 0.6 is 23.4 Å². The minimum absolute atomic E-state index is 0.0829. The number of hydrogen-bond acceptors (Lipinski definition) is 7. The van der Waals surface area contributed by atoms with Gasteiger partial charge in [0.15, 0.2) is 0 Å². The number of hydrogen-bond donors (Lipinski definition) is 4. The summed E-state index contributed by atoms with van der Waals surface area (Å²) in [5.41, 5.74) is 10.8. The molecule has 182 valence electrons. The summed E-state index contributed by atoms with van der Waals surface area (Å²) in [5, 5.41) is 11.8. The quantitative estimate of drug-likeness (QED) is 0.411. The molecule has 2 unspecified atom stereocenters. The Morgan fingerprint density at radius 3 is 2.82 bits per heavy atom. The smallest absolute Gasteiger partial charge is 0.128 e. The second-order valence-electron chi connectivity index (χ2n) is 9.52. The molecule has 6 nitrogen and oxygen atoms in total. The lowest BCUT2D eigenvalue weighted by atomic mass is 9.89. The highest BCUT2D eigenvalue weighted by atomic mass is 35.5. The number of ether oxygens (including phenoxy) is 1. The summed E-state index contributed by atoms with van der Waals surface area (Å²) in [5.74, 6) is 1.49. The number of thioether (sulfide) groups is 1. The van der Waals surface area contributed by atoms with Crippen molar-refractivity contribution in [1.29, 1.82) is 0 Å². The van der Waals surface area contributed by atoms with Crippen molar-refractivity contribution >= 4 is 29.1 Å². The van der Waals surface area contributed by atoms with Gasteiger partial charge in [0, 0.05) is 60.2 Å². The van der Waals surface area contributed by atoms with Crippen molar-refractivity contribution in [2.75, 3.05) is 26.4 Å². The summed E-state index contributed by atoms with van der Waals surface area (Å²) >= 11 is 8.25. The van der Waals surface area contributed by atoms with Crippen LogP contribution in [0.1, 0.15) is 42.9 Å². The summed E-state index contributed by atoms with van der Waals surface area (Å²) in [7, 11) is 0. The molecule has 0 spiro atoms. The molecule has 1 saturated heterocycles. The Hall–Kier alpha value is -1.74. The first-order valence-corrected chi connectivity index (χ1v) is 13.4. The molecule has 3 aliphatic rings. The monoisotopic (exact) mass is 499 g/mol. The molecule has 5 N–H and O–H groups in total. The van der Waals surface area contributed by atoms with Gasteiger partial charge in [0.1, 0.15) is 11.1 Å². The fourth-order valence-electron chi connectivity index (χ4n) is 4.92. The van der Waals surface area contributed by atoms with Crippen LogP contribution in [0.25, 0.3) is 5.70 Å². The Kier molecular flexibility index (Phi) is 7.39. The van der Waals surface area contributed by atoms with Gasteiger partial charge in [-0.25, -0.2) is 0 Å². The molecule has 3 heterocycles. The van der Waals surface area contributed by atoms with Crippen LogP contribution in [0, 0.1) is 0 Å². The van der Waals surface area contributed by atoms with Crippen molar-refractivity contribution in [2.24, 2.45) is 5.73 Å². The molecule has 3 aliphatic heterocycles. The minimum atomic E-state index is 0.0829. The summed E-state index contributed by atoms with van der Waals surface area (Å²) in [6, 6.07) is 15.2. The number of nitrogens with zero attached hydrogens (tertiary/aromatic N) is 1. The van der Waals surface area contributed by atoms with E-state index >= 15 is 0 Å². The standard InChI is InChI=1S/C26H34ClN5OS/c1-16(2)30-25(29-15-28)26-31-24-20-11-17(7-8-22(20)33-10-9-23(24)34-26)19-13-32(14-19)12-18-5-3-4-6-21(18)27/h3-8,11,16,19,25-26,29-31H,9-10,12-15,28H2,1-2H3. The molecule has 2 atom stereocenters. The molecule has 8 heteroatoms. The molecule has 0 amide bonds. The second-order valence-corrected chi connectivity index (χ2v) is 11.2. The summed E-state index contributed by atoms with van der Waals surface area (Å²) in [6.45, 7) is 8.44. The molecule has 0 bridgehead atoms. The predicted molar refractivity (Wildman–Crippen MR) is 142 cm³/mol. The maximum absolute atomic E-state index is 6.36. The van der Waals surface area contributed by atoms with Gasteiger partial charge in [0.25, 0.3) is 0 Å². The van der Waals surface area contributed by atoms with Gasteiger partial charge in [-0.15, -0.1) is 11.8 Å². The molecular formula is C26H34ClN5OS. The largest absolute Gasteiger partial charge is 0.493 e. The van der Waals surface area contributed by atoms with E-state index in [1.54, 1.807) is 0 Å². The Morgan fingerprint density at radius 1 is 1.24 bits per heavy atom. The maximum Gasteiger partial charge on any atom is 0.128 e. The van der Waals surface area contributed by atoms with Crippen molar-refractivity contribution in [3.63, 3.8) is 0 Å². The average molecular weight is 500 g/mol. The lowest BCUT2D eigenvalue weighted by Crippen LogP contribution is -2.56. The lowest BCUT2D eigenvalue weighted by Gasteiger charge is -2.40. The van der Waals surface area contributed by atoms with Gasteiger partial charge >= 0.3 is 0 Å². The highest BCUT2D eigenvalue weighted by Gasteiger charge is 2.35. The van der Waals surface area contributed by atoms with Crippen molar-refractivity contribution in [1.82, 2.24) is 20.9 Å². The Morgan fingerprint density at radius 2 is 2.06 bits per heavy atom. The van der Waals surface area contributed by atoms with E-state index in [4.69, 9.17) is 22.1 Å². The Bertz CT molecular complexity index is 1060. The number of nitrogens with one attached hydrogen (secondary N) is 3. The van der Waals surface area contributed by atoms with Crippen molar-refractivity contribution in [3.05, 3.63) is 69.1 Å². The predicted octanol–water partition coefficient (Wildman–Crippen LogP) is 3.88. The van der Waals surface area contributed by atoms with Crippen LogP contribution in [-0.2, 0) is 6.54 Å².